The average molecular weight is 230 g/mol. The van der Waals surface area contributed by atoms with Crippen LogP contribution in [-0.4, -0.2) is 24.0 Å². The Kier molecular flexibility index (Phi) is 3.24. The van der Waals surface area contributed by atoms with Crippen molar-refractivity contribution in [1.82, 2.24) is 4.98 Å². The number of primary amides is 1. The van der Waals surface area contributed by atoms with E-state index in [-0.39, 0.29) is 11.8 Å². The summed E-state index contributed by atoms with van der Waals surface area (Å²) in [5, 5.41) is 8.80. The molecule has 0 radical (unpaired) electrons. The van der Waals surface area contributed by atoms with E-state index < -0.39 is 0 Å². The topological polar surface area (TPSA) is 83.0 Å². The summed E-state index contributed by atoms with van der Waals surface area (Å²) in [5.41, 5.74) is 5.72. The third kappa shape index (κ3) is 2.53. The summed E-state index contributed by atoms with van der Waals surface area (Å²) in [5.74, 6) is 0.373. The third-order valence-corrected chi connectivity index (χ3v) is 3.00. The number of piperidine rings is 1. The molecule has 0 spiro atoms. The van der Waals surface area contributed by atoms with Crippen LogP contribution < -0.4 is 10.6 Å². The number of aromatic nitrogens is 1. The van der Waals surface area contributed by atoms with Crippen molar-refractivity contribution in [2.45, 2.75) is 12.8 Å². The first kappa shape index (κ1) is 11.4. The summed E-state index contributed by atoms with van der Waals surface area (Å²) < 4.78 is 0. The maximum Gasteiger partial charge on any atom is 0.222 e. The molecule has 0 aliphatic carbocycles. The van der Waals surface area contributed by atoms with Gasteiger partial charge in [-0.3, -0.25) is 4.79 Å². The van der Waals surface area contributed by atoms with Crippen LogP contribution >= 0.6 is 0 Å². The van der Waals surface area contributed by atoms with Crippen LogP contribution in [0.25, 0.3) is 0 Å². The fraction of sp³-hybridized carbons (Fsp3) is 0.417. The van der Waals surface area contributed by atoms with Gasteiger partial charge in [0.05, 0.1) is 5.92 Å². The number of carbonyl (C=O) groups is 1. The number of nitriles is 1. The molecule has 0 saturated carbocycles. The van der Waals surface area contributed by atoms with E-state index in [1.165, 1.54) is 0 Å². The summed E-state index contributed by atoms with van der Waals surface area (Å²) in [4.78, 5) is 17.4. The zero-order valence-corrected chi connectivity index (χ0v) is 9.47. The van der Waals surface area contributed by atoms with Crippen molar-refractivity contribution in [3.8, 4) is 6.07 Å². The van der Waals surface area contributed by atoms with Gasteiger partial charge in [0, 0.05) is 13.1 Å². The molecular formula is C12H14N4O. The highest BCUT2D eigenvalue weighted by Crippen LogP contribution is 2.21. The molecule has 0 aromatic carbocycles. The number of nitrogens with two attached hydrogens (primary N) is 1. The number of pyridine rings is 1. The van der Waals surface area contributed by atoms with Crippen molar-refractivity contribution < 1.29 is 4.79 Å². The molecule has 1 unspecified atom stereocenters. The number of carbonyl (C=O) groups excluding carboxylic acids is 1. The first-order valence-corrected chi connectivity index (χ1v) is 5.62. The molecule has 2 N–H and O–H groups in total. The van der Waals surface area contributed by atoms with E-state index in [1.807, 2.05) is 17.0 Å². The molecule has 17 heavy (non-hydrogen) atoms. The van der Waals surface area contributed by atoms with Crippen LogP contribution in [0.2, 0.25) is 0 Å². The molecule has 5 heteroatoms. The number of amides is 1. The molecule has 1 aliphatic rings. The van der Waals surface area contributed by atoms with E-state index in [4.69, 9.17) is 11.0 Å². The van der Waals surface area contributed by atoms with E-state index in [1.54, 1.807) is 12.1 Å². The summed E-state index contributed by atoms with van der Waals surface area (Å²) >= 11 is 0. The molecular weight excluding hydrogens is 216 g/mol. The Morgan fingerprint density at radius 3 is 3.12 bits per heavy atom. The Morgan fingerprint density at radius 1 is 1.59 bits per heavy atom. The van der Waals surface area contributed by atoms with E-state index >= 15 is 0 Å². The molecule has 1 aromatic rings. The quantitative estimate of drug-likeness (QED) is 0.808. The van der Waals surface area contributed by atoms with Gasteiger partial charge in [-0.25, -0.2) is 4.98 Å². The lowest BCUT2D eigenvalue weighted by Gasteiger charge is -2.32. The lowest BCUT2D eigenvalue weighted by atomic mass is 9.97. The molecule has 1 atom stereocenters. The zero-order valence-electron chi connectivity index (χ0n) is 9.47. The van der Waals surface area contributed by atoms with Crippen molar-refractivity contribution in [3.05, 3.63) is 23.9 Å². The molecule has 1 amide bonds. The van der Waals surface area contributed by atoms with Crippen molar-refractivity contribution in [2.24, 2.45) is 11.7 Å². The highest BCUT2D eigenvalue weighted by Gasteiger charge is 2.24. The Labute approximate surface area is 99.9 Å². The number of hydrogen-bond acceptors (Lipinski definition) is 4. The number of nitrogens with zero attached hydrogens (tertiary/aromatic N) is 3. The molecule has 1 saturated heterocycles. The second-order valence-corrected chi connectivity index (χ2v) is 4.18. The predicted molar refractivity (Wildman–Crippen MR) is 63.1 cm³/mol. The highest BCUT2D eigenvalue weighted by atomic mass is 16.1. The summed E-state index contributed by atoms with van der Waals surface area (Å²) in [7, 11) is 0. The summed E-state index contributed by atoms with van der Waals surface area (Å²) in [6.45, 7) is 1.45. The van der Waals surface area contributed by atoms with E-state index in [0.29, 0.717) is 12.2 Å². The molecule has 1 aromatic heterocycles. The number of anilines is 1. The second kappa shape index (κ2) is 4.83. The van der Waals surface area contributed by atoms with Crippen LogP contribution in [0.3, 0.4) is 0 Å². The van der Waals surface area contributed by atoms with Gasteiger partial charge in [0.25, 0.3) is 0 Å². The standard InChI is InChI=1S/C12H14N4O/c13-7-10-4-1-5-11(15-10)16-6-2-3-9(8-16)12(14)17/h1,4-5,9H,2-3,6,8H2,(H2,14,17). The molecule has 5 nitrogen and oxygen atoms in total. The van der Waals surface area contributed by atoms with E-state index in [9.17, 15) is 4.79 Å². The van der Waals surface area contributed by atoms with E-state index in [2.05, 4.69) is 4.98 Å². The normalized spacial score (nSPS) is 19.7. The fourth-order valence-corrected chi connectivity index (χ4v) is 2.08. The first-order chi connectivity index (χ1) is 8.20. The van der Waals surface area contributed by atoms with Gasteiger partial charge in [-0.05, 0) is 25.0 Å². The van der Waals surface area contributed by atoms with Gasteiger partial charge < -0.3 is 10.6 Å². The Balaban J connectivity index is 2.16. The minimum absolute atomic E-state index is 0.115. The Morgan fingerprint density at radius 2 is 2.41 bits per heavy atom. The van der Waals surface area contributed by atoms with Gasteiger partial charge in [0.2, 0.25) is 5.91 Å². The minimum atomic E-state index is -0.258. The molecule has 2 rings (SSSR count). The Bertz CT molecular complexity index is 466. The van der Waals surface area contributed by atoms with Crippen molar-refractivity contribution >= 4 is 11.7 Å². The van der Waals surface area contributed by atoms with Gasteiger partial charge in [0.15, 0.2) is 0 Å². The van der Waals surface area contributed by atoms with Crippen molar-refractivity contribution in [2.75, 3.05) is 18.0 Å². The van der Waals surface area contributed by atoms with Crippen LogP contribution in [-0.2, 0) is 4.79 Å². The molecule has 0 bridgehead atoms. The van der Waals surface area contributed by atoms with Crippen molar-refractivity contribution in [3.63, 3.8) is 0 Å². The lowest BCUT2D eigenvalue weighted by Crippen LogP contribution is -2.41. The minimum Gasteiger partial charge on any atom is -0.369 e. The van der Waals surface area contributed by atoms with Gasteiger partial charge in [-0.15, -0.1) is 0 Å². The molecule has 2 heterocycles. The van der Waals surface area contributed by atoms with Crippen LogP contribution in [0.4, 0.5) is 5.82 Å². The Hall–Kier alpha value is -2.09. The number of hydrogen-bond donors (Lipinski definition) is 1. The van der Waals surface area contributed by atoms with Crippen LogP contribution in [0.15, 0.2) is 18.2 Å². The summed E-state index contributed by atoms with van der Waals surface area (Å²) in [6.07, 6.45) is 1.76. The smallest absolute Gasteiger partial charge is 0.222 e. The molecule has 88 valence electrons. The number of rotatable bonds is 2. The highest BCUT2D eigenvalue weighted by molar-refractivity contribution is 5.77. The monoisotopic (exact) mass is 230 g/mol. The molecule has 1 aliphatic heterocycles. The predicted octanol–water partition coefficient (Wildman–Crippen LogP) is 0.655. The van der Waals surface area contributed by atoms with Gasteiger partial charge in [0.1, 0.15) is 17.6 Å². The van der Waals surface area contributed by atoms with Crippen LogP contribution in [0.1, 0.15) is 18.5 Å². The van der Waals surface area contributed by atoms with Crippen LogP contribution in [0.5, 0.6) is 0 Å². The van der Waals surface area contributed by atoms with Gasteiger partial charge in [-0.2, -0.15) is 5.26 Å². The third-order valence-electron chi connectivity index (χ3n) is 3.00. The first-order valence-electron chi connectivity index (χ1n) is 5.62. The van der Waals surface area contributed by atoms with Gasteiger partial charge in [-0.1, -0.05) is 6.07 Å². The van der Waals surface area contributed by atoms with Crippen LogP contribution in [0, 0.1) is 17.2 Å². The average Bonchev–Trinajstić information content (AvgIpc) is 2.39. The van der Waals surface area contributed by atoms with Crippen molar-refractivity contribution in [1.29, 1.82) is 5.26 Å². The maximum absolute atomic E-state index is 11.2. The zero-order chi connectivity index (χ0) is 12.3. The largest absolute Gasteiger partial charge is 0.369 e. The molecule has 1 fully saturated rings. The fourth-order valence-electron chi connectivity index (χ4n) is 2.08. The maximum atomic E-state index is 11.2. The summed E-state index contributed by atoms with van der Waals surface area (Å²) in [6, 6.07) is 7.33. The van der Waals surface area contributed by atoms with E-state index in [0.717, 1.165) is 25.2 Å². The second-order valence-electron chi connectivity index (χ2n) is 4.18. The lowest BCUT2D eigenvalue weighted by molar-refractivity contribution is -0.122. The van der Waals surface area contributed by atoms with Gasteiger partial charge >= 0.3 is 0 Å². The SMILES string of the molecule is N#Cc1cccc(N2CCCC(C(N)=O)C2)n1.